The highest BCUT2D eigenvalue weighted by molar-refractivity contribution is 7.99. The van der Waals surface area contributed by atoms with Crippen LogP contribution in [0.25, 0.3) is 0 Å². The lowest BCUT2D eigenvalue weighted by Crippen LogP contribution is -2.26. The van der Waals surface area contributed by atoms with Gasteiger partial charge in [0.25, 0.3) is 0 Å². The Labute approximate surface area is 92.4 Å². The van der Waals surface area contributed by atoms with Crippen LogP contribution in [0.1, 0.15) is 0 Å². The second-order valence-electron chi connectivity index (χ2n) is 3.17. The van der Waals surface area contributed by atoms with Crippen LogP contribution in [0.2, 0.25) is 0 Å². The van der Waals surface area contributed by atoms with Crippen LogP contribution in [0.5, 0.6) is 0 Å². The minimum absolute atomic E-state index is 0.338. The number of nitrogens with two attached hydrogens (primary N) is 1. The van der Waals surface area contributed by atoms with Crippen molar-refractivity contribution >= 4 is 23.5 Å². The van der Waals surface area contributed by atoms with Crippen molar-refractivity contribution in [3.05, 3.63) is 24.3 Å². The van der Waals surface area contributed by atoms with Crippen molar-refractivity contribution in [1.82, 2.24) is 0 Å². The first-order valence-electron chi connectivity index (χ1n) is 4.66. The number of ether oxygens (including phenoxy) is 1. The Morgan fingerprint density at radius 1 is 1.53 bits per heavy atom. The number of para-hydroxylation sites is 1. The fourth-order valence-electron chi connectivity index (χ4n) is 1.50. The molecule has 0 aliphatic carbocycles. The Balaban J connectivity index is 1.93. The number of carbonyl (C=O) groups is 1. The van der Waals surface area contributed by atoms with Gasteiger partial charge >= 0.3 is 6.09 Å². The molecule has 5 heteroatoms. The number of hydrogen-bond acceptors (Lipinski definition) is 4. The third kappa shape index (κ3) is 2.36. The lowest BCUT2D eigenvalue weighted by Gasteiger charge is -2.17. The zero-order chi connectivity index (χ0) is 10.7. The van der Waals surface area contributed by atoms with Gasteiger partial charge in [-0.1, -0.05) is 12.1 Å². The summed E-state index contributed by atoms with van der Waals surface area (Å²) in [5.74, 6) is 0.904. The Hall–Kier alpha value is -1.36. The SMILES string of the molecule is NC(=O)OCCN1CSc2ccccc21. The zero-order valence-corrected chi connectivity index (χ0v) is 9.00. The molecule has 80 valence electrons. The predicted molar refractivity (Wildman–Crippen MR) is 60.0 cm³/mol. The van der Waals surface area contributed by atoms with Gasteiger partial charge in [-0.2, -0.15) is 0 Å². The fourth-order valence-corrected chi connectivity index (χ4v) is 2.58. The van der Waals surface area contributed by atoms with Crippen LogP contribution in [0.3, 0.4) is 0 Å². The molecule has 0 aromatic heterocycles. The number of amides is 1. The van der Waals surface area contributed by atoms with Gasteiger partial charge in [-0.15, -0.1) is 11.8 Å². The summed E-state index contributed by atoms with van der Waals surface area (Å²) in [6, 6.07) is 8.19. The lowest BCUT2D eigenvalue weighted by molar-refractivity contribution is 0.160. The highest BCUT2D eigenvalue weighted by Gasteiger charge is 2.18. The van der Waals surface area contributed by atoms with E-state index in [1.165, 1.54) is 10.6 Å². The second-order valence-corrected chi connectivity index (χ2v) is 4.16. The standard InChI is InChI=1S/C10H12N2O2S/c11-10(13)14-6-5-12-7-15-9-4-2-1-3-8(9)12/h1-4H,5-7H2,(H2,11,13). The molecule has 0 atom stereocenters. The number of anilines is 1. The molecule has 15 heavy (non-hydrogen) atoms. The van der Waals surface area contributed by atoms with E-state index in [9.17, 15) is 4.79 Å². The first-order valence-corrected chi connectivity index (χ1v) is 5.65. The van der Waals surface area contributed by atoms with E-state index in [-0.39, 0.29) is 0 Å². The first-order chi connectivity index (χ1) is 7.27. The largest absolute Gasteiger partial charge is 0.448 e. The van der Waals surface area contributed by atoms with Crippen LogP contribution in [-0.4, -0.2) is 25.1 Å². The molecule has 0 saturated carbocycles. The van der Waals surface area contributed by atoms with E-state index in [4.69, 9.17) is 10.5 Å². The first kappa shape index (κ1) is 10.2. The Kier molecular flexibility index (Phi) is 3.01. The van der Waals surface area contributed by atoms with E-state index in [0.717, 1.165) is 5.88 Å². The number of hydrogen-bond donors (Lipinski definition) is 1. The Bertz CT molecular complexity index is 370. The van der Waals surface area contributed by atoms with Crippen molar-refractivity contribution in [2.45, 2.75) is 4.90 Å². The number of carbonyl (C=O) groups excluding carboxylic acids is 1. The van der Waals surface area contributed by atoms with Crippen LogP contribution in [0.15, 0.2) is 29.2 Å². The van der Waals surface area contributed by atoms with E-state index in [2.05, 4.69) is 17.0 Å². The van der Waals surface area contributed by atoms with Crippen molar-refractivity contribution in [1.29, 1.82) is 0 Å². The van der Waals surface area contributed by atoms with Crippen LogP contribution in [0.4, 0.5) is 10.5 Å². The lowest BCUT2D eigenvalue weighted by atomic mass is 10.3. The van der Waals surface area contributed by atoms with E-state index in [1.807, 2.05) is 12.1 Å². The van der Waals surface area contributed by atoms with Crippen LogP contribution >= 0.6 is 11.8 Å². The molecule has 1 aromatic rings. The molecule has 1 aromatic carbocycles. The summed E-state index contributed by atoms with van der Waals surface area (Å²) < 4.78 is 4.71. The van der Waals surface area contributed by atoms with Gasteiger partial charge in [0.15, 0.2) is 0 Å². The molecule has 1 aliphatic rings. The minimum atomic E-state index is -0.713. The third-order valence-electron chi connectivity index (χ3n) is 2.19. The van der Waals surface area contributed by atoms with Gasteiger partial charge in [0.1, 0.15) is 6.61 Å². The summed E-state index contributed by atoms with van der Waals surface area (Å²) in [5, 5.41) is 0. The van der Waals surface area contributed by atoms with Gasteiger partial charge in [-0.05, 0) is 12.1 Å². The minimum Gasteiger partial charge on any atom is -0.448 e. The topological polar surface area (TPSA) is 55.6 Å². The monoisotopic (exact) mass is 224 g/mol. The molecule has 2 N–H and O–H groups in total. The van der Waals surface area contributed by atoms with Crippen molar-refractivity contribution in [3.8, 4) is 0 Å². The van der Waals surface area contributed by atoms with E-state index < -0.39 is 6.09 Å². The van der Waals surface area contributed by atoms with E-state index in [0.29, 0.717) is 13.2 Å². The normalized spacial score (nSPS) is 13.7. The van der Waals surface area contributed by atoms with Crippen LogP contribution in [-0.2, 0) is 4.74 Å². The number of fused-ring (bicyclic) bond motifs is 1. The summed E-state index contributed by atoms with van der Waals surface area (Å²) in [5.41, 5.74) is 6.09. The molecule has 1 aliphatic heterocycles. The number of primary amides is 1. The van der Waals surface area contributed by atoms with Gasteiger partial charge in [-0.3, -0.25) is 0 Å². The van der Waals surface area contributed by atoms with Crippen molar-refractivity contribution in [3.63, 3.8) is 0 Å². The quantitative estimate of drug-likeness (QED) is 0.848. The smallest absolute Gasteiger partial charge is 0.404 e. The van der Waals surface area contributed by atoms with E-state index >= 15 is 0 Å². The maximum Gasteiger partial charge on any atom is 0.404 e. The fraction of sp³-hybridized carbons (Fsp3) is 0.300. The summed E-state index contributed by atoms with van der Waals surface area (Å²) >= 11 is 1.79. The third-order valence-corrected chi connectivity index (χ3v) is 3.28. The summed E-state index contributed by atoms with van der Waals surface area (Å²) in [7, 11) is 0. The van der Waals surface area contributed by atoms with Gasteiger partial charge in [-0.25, -0.2) is 4.79 Å². The average Bonchev–Trinajstić information content (AvgIpc) is 2.62. The molecule has 1 heterocycles. The highest BCUT2D eigenvalue weighted by atomic mass is 32.2. The van der Waals surface area contributed by atoms with Gasteiger partial charge < -0.3 is 15.4 Å². The Morgan fingerprint density at radius 2 is 2.33 bits per heavy atom. The van der Waals surface area contributed by atoms with Gasteiger partial charge in [0.2, 0.25) is 0 Å². The number of benzene rings is 1. The zero-order valence-electron chi connectivity index (χ0n) is 8.18. The maximum absolute atomic E-state index is 10.4. The maximum atomic E-state index is 10.4. The molecule has 4 nitrogen and oxygen atoms in total. The molecule has 0 saturated heterocycles. The molecule has 2 rings (SSSR count). The number of rotatable bonds is 3. The Morgan fingerprint density at radius 3 is 3.13 bits per heavy atom. The van der Waals surface area contributed by atoms with Crippen molar-refractivity contribution < 1.29 is 9.53 Å². The van der Waals surface area contributed by atoms with Crippen LogP contribution < -0.4 is 10.6 Å². The molecule has 0 unspecified atom stereocenters. The number of thioether (sulfide) groups is 1. The molecular weight excluding hydrogens is 212 g/mol. The van der Waals surface area contributed by atoms with E-state index in [1.54, 1.807) is 11.8 Å². The second kappa shape index (κ2) is 4.44. The van der Waals surface area contributed by atoms with Crippen molar-refractivity contribution in [2.24, 2.45) is 5.73 Å². The summed E-state index contributed by atoms with van der Waals surface area (Å²) in [4.78, 5) is 13.8. The van der Waals surface area contributed by atoms with Gasteiger partial charge in [0.05, 0.1) is 18.1 Å². The molecule has 1 amide bonds. The predicted octanol–water partition coefficient (Wildman–Crippen LogP) is 1.65. The average molecular weight is 224 g/mol. The molecule has 0 bridgehead atoms. The van der Waals surface area contributed by atoms with Crippen LogP contribution in [0, 0.1) is 0 Å². The highest BCUT2D eigenvalue weighted by Crippen LogP contribution is 2.37. The summed E-state index contributed by atoms with van der Waals surface area (Å²) in [6.07, 6.45) is -0.713. The van der Waals surface area contributed by atoms with Gasteiger partial charge in [0, 0.05) is 4.90 Å². The molecular formula is C10H12N2O2S. The molecule has 0 radical (unpaired) electrons. The van der Waals surface area contributed by atoms with Crippen molar-refractivity contribution in [2.75, 3.05) is 23.9 Å². The number of nitrogens with zero attached hydrogens (tertiary/aromatic N) is 1. The molecule has 0 fully saturated rings. The molecule has 0 spiro atoms. The summed E-state index contributed by atoms with van der Waals surface area (Å²) in [6.45, 7) is 1.02.